The van der Waals surface area contributed by atoms with E-state index < -0.39 is 11.6 Å². The van der Waals surface area contributed by atoms with Gasteiger partial charge in [0.15, 0.2) is 0 Å². The molecule has 0 saturated carbocycles. The van der Waals surface area contributed by atoms with E-state index in [0.29, 0.717) is 17.9 Å². The Kier molecular flexibility index (Phi) is 4.80. The minimum absolute atomic E-state index is 0.0352. The van der Waals surface area contributed by atoms with E-state index in [0.717, 1.165) is 22.0 Å². The van der Waals surface area contributed by atoms with E-state index >= 15 is 0 Å². The summed E-state index contributed by atoms with van der Waals surface area (Å²) in [4.78, 5) is 36.5. The molecule has 0 radical (unpaired) electrons. The van der Waals surface area contributed by atoms with Crippen molar-refractivity contribution >= 4 is 28.0 Å². The topological polar surface area (TPSA) is 83.4 Å². The lowest BCUT2D eigenvalue weighted by Crippen LogP contribution is -2.25. The molecular weight excluding hydrogens is 372 g/mol. The number of rotatable bonds is 5. The Morgan fingerprint density at radius 1 is 1.03 bits per heavy atom. The van der Waals surface area contributed by atoms with E-state index in [9.17, 15) is 14.4 Å². The lowest BCUT2D eigenvalue weighted by molar-refractivity contribution is -0.134. The molecule has 0 unspecified atom stereocenters. The second-order valence-electron chi connectivity index (χ2n) is 6.80. The van der Waals surface area contributed by atoms with Crippen LogP contribution in [-0.2, 0) is 17.9 Å². The summed E-state index contributed by atoms with van der Waals surface area (Å²) in [6, 6.07) is 13.8. The molecule has 7 heteroatoms. The molecule has 2 aromatic heterocycles. The Morgan fingerprint density at radius 2 is 1.76 bits per heavy atom. The van der Waals surface area contributed by atoms with E-state index in [-0.39, 0.29) is 18.7 Å². The number of hydrogen-bond donors (Lipinski definition) is 0. The first kappa shape index (κ1) is 18.7. The van der Waals surface area contributed by atoms with Gasteiger partial charge in [-0.1, -0.05) is 12.1 Å². The summed E-state index contributed by atoms with van der Waals surface area (Å²) in [5.74, 6) is -0.181. The molecule has 0 aliphatic heterocycles. The molecule has 29 heavy (non-hydrogen) atoms. The van der Waals surface area contributed by atoms with Gasteiger partial charge < -0.3 is 9.15 Å². The summed E-state index contributed by atoms with van der Waals surface area (Å²) in [6.07, 6.45) is 0.0352. The highest BCUT2D eigenvalue weighted by Gasteiger charge is 2.14. The molecule has 0 aliphatic carbocycles. The highest BCUT2D eigenvalue weighted by atomic mass is 16.5. The zero-order valence-corrected chi connectivity index (χ0v) is 16.2. The van der Waals surface area contributed by atoms with Crippen molar-refractivity contribution in [3.63, 3.8) is 0 Å². The molecule has 0 aliphatic rings. The fraction of sp³-hybridized carbons (Fsp3) is 0.227. The summed E-state index contributed by atoms with van der Waals surface area (Å²) in [7, 11) is 0. The van der Waals surface area contributed by atoms with Crippen molar-refractivity contribution in [3.8, 4) is 5.75 Å². The average Bonchev–Trinajstić information content (AvgIpc) is 2.96. The highest BCUT2D eigenvalue weighted by molar-refractivity contribution is 5.82. The van der Waals surface area contributed by atoms with Gasteiger partial charge in [-0.05, 0) is 43.7 Å². The van der Waals surface area contributed by atoms with Crippen LogP contribution >= 0.6 is 0 Å². The van der Waals surface area contributed by atoms with Crippen LogP contribution in [0, 0.1) is 6.92 Å². The molecule has 0 saturated heterocycles. The molecule has 4 rings (SSSR count). The Morgan fingerprint density at radius 3 is 2.48 bits per heavy atom. The van der Waals surface area contributed by atoms with Crippen LogP contribution in [0.5, 0.6) is 5.75 Å². The third-order valence-electron chi connectivity index (χ3n) is 4.94. The third kappa shape index (κ3) is 3.47. The molecule has 0 amide bonds. The van der Waals surface area contributed by atoms with Gasteiger partial charge in [0, 0.05) is 30.6 Å². The van der Waals surface area contributed by atoms with Crippen LogP contribution in [-0.4, -0.2) is 15.1 Å². The normalized spacial score (nSPS) is 11.2. The maximum atomic E-state index is 12.6. The number of aryl methyl sites for hydroxylation is 3. The van der Waals surface area contributed by atoms with Gasteiger partial charge in [-0.15, -0.1) is 0 Å². The van der Waals surface area contributed by atoms with Gasteiger partial charge >= 0.3 is 17.3 Å². The van der Waals surface area contributed by atoms with Crippen molar-refractivity contribution < 1.29 is 13.9 Å². The number of para-hydroxylation sites is 2. The van der Waals surface area contributed by atoms with Crippen LogP contribution < -0.4 is 16.1 Å². The predicted molar refractivity (Wildman–Crippen MR) is 109 cm³/mol. The summed E-state index contributed by atoms with van der Waals surface area (Å²) in [5.41, 5.74) is 2.18. The first-order valence-electron chi connectivity index (χ1n) is 9.41. The number of benzene rings is 2. The van der Waals surface area contributed by atoms with E-state index in [2.05, 4.69) is 0 Å². The first-order valence-corrected chi connectivity index (χ1v) is 9.41. The SMILES string of the molecule is CCn1c(=O)n(CCC(=O)Oc2ccc3c(C)cc(=O)oc3c2)c2ccccc21. The van der Waals surface area contributed by atoms with Crippen LogP contribution in [0.4, 0.5) is 0 Å². The molecular formula is C22H20N2O5. The maximum Gasteiger partial charge on any atom is 0.336 e. The van der Waals surface area contributed by atoms with Crippen LogP contribution in [0.1, 0.15) is 18.9 Å². The summed E-state index contributed by atoms with van der Waals surface area (Å²) >= 11 is 0. The Balaban J connectivity index is 1.54. The smallest absolute Gasteiger partial charge is 0.336 e. The second kappa shape index (κ2) is 7.43. The molecule has 148 valence electrons. The highest BCUT2D eigenvalue weighted by Crippen LogP contribution is 2.22. The van der Waals surface area contributed by atoms with E-state index in [1.54, 1.807) is 21.3 Å². The van der Waals surface area contributed by atoms with Crippen molar-refractivity contribution in [1.82, 2.24) is 9.13 Å². The first-order chi connectivity index (χ1) is 14.0. The van der Waals surface area contributed by atoms with E-state index in [1.165, 1.54) is 12.1 Å². The zero-order chi connectivity index (χ0) is 20.5. The van der Waals surface area contributed by atoms with Gasteiger partial charge in [-0.3, -0.25) is 13.9 Å². The minimum Gasteiger partial charge on any atom is -0.426 e. The fourth-order valence-electron chi connectivity index (χ4n) is 3.55. The number of esters is 1. The largest absolute Gasteiger partial charge is 0.426 e. The molecule has 2 aromatic carbocycles. The van der Waals surface area contributed by atoms with Crippen molar-refractivity contribution in [1.29, 1.82) is 0 Å². The van der Waals surface area contributed by atoms with Crippen molar-refractivity contribution in [2.45, 2.75) is 33.4 Å². The number of ether oxygens (including phenoxy) is 1. The molecule has 0 fully saturated rings. The van der Waals surface area contributed by atoms with Crippen molar-refractivity contribution in [2.24, 2.45) is 0 Å². The Bertz CT molecular complexity index is 1340. The number of nitrogens with zero attached hydrogens (tertiary/aromatic N) is 2. The number of aromatic nitrogens is 2. The van der Waals surface area contributed by atoms with Crippen LogP contribution in [0.2, 0.25) is 0 Å². The Labute approximate surface area is 165 Å². The fourth-order valence-corrected chi connectivity index (χ4v) is 3.55. The van der Waals surface area contributed by atoms with Crippen molar-refractivity contribution in [3.05, 3.63) is 75.0 Å². The van der Waals surface area contributed by atoms with Crippen molar-refractivity contribution in [2.75, 3.05) is 0 Å². The second-order valence-corrected chi connectivity index (χ2v) is 6.80. The lowest BCUT2D eigenvalue weighted by Gasteiger charge is -2.07. The van der Waals surface area contributed by atoms with Gasteiger partial charge in [0.1, 0.15) is 11.3 Å². The number of imidazole rings is 1. The van der Waals surface area contributed by atoms with E-state index in [4.69, 9.17) is 9.15 Å². The van der Waals surface area contributed by atoms with Crippen LogP contribution in [0.15, 0.2) is 62.5 Å². The predicted octanol–water partition coefficient (Wildman–Crippen LogP) is 3.23. The van der Waals surface area contributed by atoms with Gasteiger partial charge in [-0.2, -0.15) is 0 Å². The molecule has 4 aromatic rings. The lowest BCUT2D eigenvalue weighted by atomic mass is 10.1. The van der Waals surface area contributed by atoms with Gasteiger partial charge in [0.2, 0.25) is 0 Å². The zero-order valence-electron chi connectivity index (χ0n) is 16.2. The average molecular weight is 392 g/mol. The standard InChI is InChI=1S/C22H20N2O5/c1-3-23-17-6-4-5-7-18(17)24(22(23)27)11-10-20(25)28-15-8-9-16-14(2)12-21(26)29-19(16)13-15/h4-9,12-13H,3,10-11H2,1-2H3. The molecule has 0 N–H and O–H groups in total. The summed E-state index contributed by atoms with van der Waals surface area (Å²) < 4.78 is 13.8. The number of carbonyl (C=O) groups excluding carboxylic acids is 1. The number of carbonyl (C=O) groups is 1. The molecule has 2 heterocycles. The van der Waals surface area contributed by atoms with Crippen LogP contribution in [0.25, 0.3) is 22.0 Å². The minimum atomic E-state index is -0.473. The van der Waals surface area contributed by atoms with Gasteiger partial charge in [0.25, 0.3) is 0 Å². The number of fused-ring (bicyclic) bond motifs is 2. The maximum absolute atomic E-state index is 12.6. The monoisotopic (exact) mass is 392 g/mol. The Hall–Kier alpha value is -3.61. The summed E-state index contributed by atoms with van der Waals surface area (Å²) in [6.45, 7) is 4.49. The summed E-state index contributed by atoms with van der Waals surface area (Å²) in [5, 5.41) is 0.781. The molecule has 7 nitrogen and oxygen atoms in total. The van der Waals surface area contributed by atoms with Gasteiger partial charge in [-0.25, -0.2) is 9.59 Å². The third-order valence-corrected chi connectivity index (χ3v) is 4.94. The van der Waals surface area contributed by atoms with Gasteiger partial charge in [0.05, 0.1) is 17.5 Å². The van der Waals surface area contributed by atoms with E-state index in [1.807, 2.05) is 38.1 Å². The molecule has 0 atom stereocenters. The quantitative estimate of drug-likeness (QED) is 0.296. The number of hydrogen-bond acceptors (Lipinski definition) is 5. The molecule has 0 spiro atoms. The molecule has 0 bridgehead atoms. The van der Waals surface area contributed by atoms with Crippen LogP contribution in [0.3, 0.4) is 0 Å².